The molecular formula is C46H39N3S. The van der Waals surface area contributed by atoms with E-state index in [4.69, 9.17) is 5.41 Å². The van der Waals surface area contributed by atoms with E-state index in [0.29, 0.717) is 11.8 Å². The molecule has 1 heterocycles. The van der Waals surface area contributed by atoms with E-state index in [9.17, 15) is 0 Å². The quantitative estimate of drug-likeness (QED) is 0.129. The van der Waals surface area contributed by atoms with Gasteiger partial charge in [-0.25, -0.2) is 4.99 Å². The van der Waals surface area contributed by atoms with Crippen molar-refractivity contribution >= 4 is 50.8 Å². The van der Waals surface area contributed by atoms with Gasteiger partial charge in [0.2, 0.25) is 0 Å². The topological polar surface area (TPSA) is 48.2 Å². The third-order valence-corrected chi connectivity index (χ3v) is 10.9. The van der Waals surface area contributed by atoms with Crippen molar-refractivity contribution in [1.82, 2.24) is 0 Å². The third-order valence-electron chi connectivity index (χ3n) is 9.76. The molecule has 50 heavy (non-hydrogen) atoms. The maximum Gasteiger partial charge on any atom is 0.151 e. The standard InChI is InChI=1S/C46H39N3S/c1-30-17-23-43-41(25-30)42-28-36(22-24-44(42)50-43)35-12-7-13-37(26-35)40-16-6-9-31(2)45(40)49-39-15-8-14-38(27-39)46(47)48-29-32-18-20-34(21-19-32)33-10-4-3-5-11-33/h3-8,10-24,26-31,47,49H,9,25H2,1-2H3. The summed E-state index contributed by atoms with van der Waals surface area (Å²) in [4.78, 5) is 5.93. The van der Waals surface area contributed by atoms with Crippen LogP contribution in [0.15, 0.2) is 150 Å². The Kier molecular flexibility index (Phi) is 8.70. The van der Waals surface area contributed by atoms with Gasteiger partial charge >= 0.3 is 0 Å². The number of anilines is 1. The van der Waals surface area contributed by atoms with Crippen LogP contribution in [0.4, 0.5) is 5.69 Å². The summed E-state index contributed by atoms with van der Waals surface area (Å²) in [7, 11) is 0. The van der Waals surface area contributed by atoms with Gasteiger partial charge in [-0.2, -0.15) is 0 Å². The minimum absolute atomic E-state index is 0.230. The van der Waals surface area contributed by atoms with Crippen molar-refractivity contribution in [2.24, 2.45) is 16.8 Å². The normalized spacial score (nSPS) is 17.0. The molecule has 0 saturated carbocycles. The molecule has 3 nitrogen and oxygen atoms in total. The lowest BCUT2D eigenvalue weighted by atomic mass is 9.88. The number of nitrogens with zero attached hydrogens (tertiary/aromatic N) is 1. The molecular weight excluding hydrogens is 627 g/mol. The van der Waals surface area contributed by atoms with Gasteiger partial charge in [-0.05, 0) is 99.5 Å². The van der Waals surface area contributed by atoms with Gasteiger partial charge in [0.15, 0.2) is 5.84 Å². The molecule has 0 aliphatic heterocycles. The lowest BCUT2D eigenvalue weighted by Gasteiger charge is -2.24. The Hall–Kier alpha value is -5.58. The molecule has 0 radical (unpaired) electrons. The van der Waals surface area contributed by atoms with Crippen LogP contribution in [-0.4, -0.2) is 12.1 Å². The summed E-state index contributed by atoms with van der Waals surface area (Å²) < 4.78 is 1.37. The Balaban J connectivity index is 1.04. The van der Waals surface area contributed by atoms with Crippen LogP contribution in [-0.2, 0) is 6.42 Å². The summed E-state index contributed by atoms with van der Waals surface area (Å²) in [5.41, 5.74) is 12.6. The number of aliphatic imine (C=N–C) groups is 1. The van der Waals surface area contributed by atoms with Crippen LogP contribution in [0.25, 0.3) is 44.0 Å². The minimum Gasteiger partial charge on any atom is -0.358 e. The first-order valence-electron chi connectivity index (χ1n) is 17.4. The average Bonchev–Trinajstić information content (AvgIpc) is 3.52. The van der Waals surface area contributed by atoms with E-state index in [1.165, 1.54) is 54.1 Å². The first-order valence-corrected chi connectivity index (χ1v) is 18.2. The highest BCUT2D eigenvalue weighted by Crippen LogP contribution is 2.40. The van der Waals surface area contributed by atoms with E-state index in [1.54, 1.807) is 6.21 Å². The highest BCUT2D eigenvalue weighted by Gasteiger charge is 2.20. The number of amidine groups is 1. The molecule has 5 aromatic carbocycles. The second kappa shape index (κ2) is 13.7. The number of hydrogen-bond donors (Lipinski definition) is 2. The van der Waals surface area contributed by atoms with Crippen LogP contribution in [0, 0.1) is 17.2 Å². The van der Waals surface area contributed by atoms with Gasteiger partial charge < -0.3 is 5.32 Å². The summed E-state index contributed by atoms with van der Waals surface area (Å²) >= 11 is 1.90. The molecule has 0 fully saturated rings. The third kappa shape index (κ3) is 6.55. The Morgan fingerprint density at radius 2 is 1.50 bits per heavy atom. The first kappa shape index (κ1) is 31.7. The molecule has 2 unspecified atom stereocenters. The zero-order valence-corrected chi connectivity index (χ0v) is 29.2. The van der Waals surface area contributed by atoms with Gasteiger partial charge in [0, 0.05) is 44.2 Å². The van der Waals surface area contributed by atoms with Crippen LogP contribution in [0.1, 0.15) is 47.4 Å². The van der Waals surface area contributed by atoms with Crippen molar-refractivity contribution in [3.63, 3.8) is 0 Å². The number of fused-ring (bicyclic) bond motifs is 3. The number of thiophene rings is 1. The number of hydrogen-bond acceptors (Lipinski definition) is 3. The average molecular weight is 666 g/mol. The van der Waals surface area contributed by atoms with E-state index in [-0.39, 0.29) is 5.84 Å². The first-order chi connectivity index (χ1) is 24.5. The van der Waals surface area contributed by atoms with Gasteiger partial charge in [0.05, 0.1) is 0 Å². The van der Waals surface area contributed by atoms with Crippen molar-refractivity contribution in [2.45, 2.75) is 26.7 Å². The fourth-order valence-electron chi connectivity index (χ4n) is 7.01. The molecule has 0 spiro atoms. The highest BCUT2D eigenvalue weighted by molar-refractivity contribution is 7.20. The number of allylic oxidation sites excluding steroid dienone is 5. The predicted octanol–water partition coefficient (Wildman–Crippen LogP) is 12.3. The molecule has 0 saturated heterocycles. The zero-order chi connectivity index (χ0) is 34.0. The van der Waals surface area contributed by atoms with Gasteiger partial charge in [0.25, 0.3) is 0 Å². The smallest absolute Gasteiger partial charge is 0.151 e. The molecule has 6 aromatic rings. The van der Waals surface area contributed by atoms with Crippen molar-refractivity contribution in [3.05, 3.63) is 172 Å². The summed E-state index contributed by atoms with van der Waals surface area (Å²) in [5, 5.41) is 13.9. The van der Waals surface area contributed by atoms with E-state index in [2.05, 4.69) is 121 Å². The molecule has 4 heteroatoms. The molecule has 0 amide bonds. The maximum absolute atomic E-state index is 8.74. The minimum atomic E-state index is 0.230. The molecule has 2 aliphatic rings. The van der Waals surface area contributed by atoms with Gasteiger partial charge in [0.1, 0.15) is 0 Å². The van der Waals surface area contributed by atoms with E-state index in [1.807, 2.05) is 59.9 Å². The van der Waals surface area contributed by atoms with Crippen LogP contribution < -0.4 is 5.32 Å². The van der Waals surface area contributed by atoms with Crippen LogP contribution in [0.5, 0.6) is 0 Å². The Morgan fingerprint density at radius 3 is 2.36 bits per heavy atom. The molecule has 2 N–H and O–H groups in total. The van der Waals surface area contributed by atoms with E-state index >= 15 is 0 Å². The van der Waals surface area contributed by atoms with Crippen LogP contribution in [0.3, 0.4) is 0 Å². The number of benzene rings is 5. The molecule has 2 atom stereocenters. The second-order valence-electron chi connectivity index (χ2n) is 13.4. The SMILES string of the molecule is CC1C=Cc2sc3ccc(-c4cccc(C5=C(Nc6cccc(C(=N)N=Cc7ccc(-c8ccccc8)cc7)c6)C(C)CC=C5)c4)cc3c2C1. The fraction of sp³-hybridized carbons (Fsp3) is 0.130. The lowest BCUT2D eigenvalue weighted by molar-refractivity contribution is 0.695. The largest absolute Gasteiger partial charge is 0.358 e. The summed E-state index contributed by atoms with van der Waals surface area (Å²) in [5.74, 6) is 1.13. The second-order valence-corrected chi connectivity index (χ2v) is 14.5. The van der Waals surface area contributed by atoms with Gasteiger partial charge in [-0.3, -0.25) is 5.41 Å². The van der Waals surface area contributed by atoms with Crippen molar-refractivity contribution in [1.29, 1.82) is 5.41 Å². The molecule has 1 aromatic heterocycles. The summed E-state index contributed by atoms with van der Waals surface area (Å²) in [6.07, 6.45) is 13.0. The Bertz CT molecular complexity index is 2340. The molecule has 0 bridgehead atoms. The Labute approximate surface area is 298 Å². The van der Waals surface area contributed by atoms with Crippen molar-refractivity contribution in [3.8, 4) is 22.3 Å². The van der Waals surface area contributed by atoms with Crippen LogP contribution in [0.2, 0.25) is 0 Å². The summed E-state index contributed by atoms with van der Waals surface area (Å²) in [6.45, 7) is 4.58. The number of rotatable bonds is 7. The lowest BCUT2D eigenvalue weighted by Crippen LogP contribution is -2.14. The van der Waals surface area contributed by atoms with E-state index < -0.39 is 0 Å². The molecule has 2 aliphatic carbocycles. The summed E-state index contributed by atoms with van der Waals surface area (Å²) in [6, 6.07) is 42.6. The van der Waals surface area contributed by atoms with Gasteiger partial charge in [-0.1, -0.05) is 123 Å². The highest BCUT2D eigenvalue weighted by atomic mass is 32.1. The van der Waals surface area contributed by atoms with Gasteiger partial charge in [-0.15, -0.1) is 11.3 Å². The molecule has 8 rings (SSSR count). The van der Waals surface area contributed by atoms with Crippen molar-refractivity contribution < 1.29 is 0 Å². The Morgan fingerprint density at radius 1 is 0.760 bits per heavy atom. The molecule has 244 valence electrons. The predicted molar refractivity (Wildman–Crippen MR) is 215 cm³/mol. The zero-order valence-electron chi connectivity index (χ0n) is 28.4. The monoisotopic (exact) mass is 665 g/mol. The van der Waals surface area contributed by atoms with Crippen molar-refractivity contribution in [2.75, 3.05) is 5.32 Å². The maximum atomic E-state index is 8.74. The van der Waals surface area contributed by atoms with E-state index in [0.717, 1.165) is 35.2 Å². The fourth-order valence-corrected chi connectivity index (χ4v) is 8.14. The van der Waals surface area contributed by atoms with Crippen LogP contribution >= 0.6 is 11.3 Å². The number of nitrogens with one attached hydrogen (secondary N) is 2.